The molecule has 1 N–H and O–H groups in total. The van der Waals surface area contributed by atoms with Crippen LogP contribution in [0.4, 0.5) is 11.4 Å². The maximum atomic E-state index is 12.0. The van der Waals surface area contributed by atoms with Crippen LogP contribution >= 0.6 is 15.9 Å². The molecule has 1 aliphatic rings. The third kappa shape index (κ3) is 3.12. The van der Waals surface area contributed by atoms with E-state index < -0.39 is 0 Å². The lowest BCUT2D eigenvalue weighted by atomic mass is 10.2. The largest absolute Gasteiger partial charge is 0.494 e. The van der Waals surface area contributed by atoms with E-state index in [9.17, 15) is 9.59 Å². The van der Waals surface area contributed by atoms with E-state index in [2.05, 4.69) is 21.2 Å². The van der Waals surface area contributed by atoms with E-state index in [-0.39, 0.29) is 11.8 Å². The number of ether oxygens (including phenoxy) is 1. The van der Waals surface area contributed by atoms with Gasteiger partial charge in [0.05, 0.1) is 12.8 Å². The Balaban J connectivity index is 2.25. The third-order valence-electron chi connectivity index (χ3n) is 3.23. The van der Waals surface area contributed by atoms with Gasteiger partial charge in [0.15, 0.2) is 0 Å². The molecule has 1 unspecified atom stereocenters. The number of nitrogens with one attached hydrogen (secondary N) is 1. The second-order valence-electron chi connectivity index (χ2n) is 4.79. The number of halogens is 1. The first-order valence-electron chi connectivity index (χ1n) is 6.37. The van der Waals surface area contributed by atoms with Gasteiger partial charge in [-0.2, -0.15) is 0 Å². The Kier molecular flexibility index (Phi) is 4.65. The van der Waals surface area contributed by atoms with Gasteiger partial charge in [-0.15, -0.1) is 0 Å². The molecule has 1 aromatic carbocycles. The molecular formula is C14H17BrN2O3. The molecule has 108 valence electrons. The van der Waals surface area contributed by atoms with Crippen LogP contribution in [0.3, 0.4) is 0 Å². The molecule has 1 heterocycles. The molecule has 1 aliphatic heterocycles. The van der Waals surface area contributed by atoms with Crippen molar-refractivity contribution in [3.8, 4) is 5.75 Å². The van der Waals surface area contributed by atoms with Crippen molar-refractivity contribution in [1.82, 2.24) is 0 Å². The molecule has 1 saturated heterocycles. The van der Waals surface area contributed by atoms with E-state index in [0.29, 0.717) is 30.3 Å². The first kappa shape index (κ1) is 14.8. The Morgan fingerprint density at radius 1 is 1.55 bits per heavy atom. The van der Waals surface area contributed by atoms with Crippen molar-refractivity contribution >= 4 is 39.1 Å². The van der Waals surface area contributed by atoms with Crippen molar-refractivity contribution in [3.05, 3.63) is 18.2 Å². The zero-order chi connectivity index (χ0) is 14.7. The number of rotatable bonds is 4. The normalized spacial score (nSPS) is 18.2. The predicted octanol–water partition coefficient (Wildman–Crippen LogP) is 2.40. The number of alkyl halides is 1. The van der Waals surface area contributed by atoms with E-state index in [4.69, 9.17) is 4.74 Å². The molecule has 2 rings (SSSR count). The number of anilines is 2. The average molecular weight is 341 g/mol. The van der Waals surface area contributed by atoms with Gasteiger partial charge in [-0.1, -0.05) is 15.9 Å². The molecule has 6 heteroatoms. The number of methoxy groups -OCH3 is 1. The highest BCUT2D eigenvalue weighted by atomic mass is 79.9. The van der Waals surface area contributed by atoms with Crippen molar-refractivity contribution in [2.45, 2.75) is 13.3 Å². The molecule has 5 nitrogen and oxygen atoms in total. The molecule has 0 bridgehead atoms. The minimum absolute atomic E-state index is 0.115. The van der Waals surface area contributed by atoms with Crippen molar-refractivity contribution in [2.75, 3.05) is 29.2 Å². The van der Waals surface area contributed by atoms with Gasteiger partial charge in [-0.25, -0.2) is 0 Å². The van der Waals surface area contributed by atoms with E-state index in [1.165, 1.54) is 14.0 Å². The lowest BCUT2D eigenvalue weighted by Gasteiger charge is -2.18. The van der Waals surface area contributed by atoms with Crippen LogP contribution in [0.2, 0.25) is 0 Å². The second-order valence-corrected chi connectivity index (χ2v) is 5.44. The first-order valence-corrected chi connectivity index (χ1v) is 7.49. The minimum atomic E-state index is -0.160. The minimum Gasteiger partial charge on any atom is -0.494 e. The Hall–Kier alpha value is -1.56. The van der Waals surface area contributed by atoms with E-state index in [1.54, 1.807) is 17.0 Å². The number of benzene rings is 1. The van der Waals surface area contributed by atoms with Crippen LogP contribution < -0.4 is 15.0 Å². The van der Waals surface area contributed by atoms with Crippen molar-refractivity contribution in [1.29, 1.82) is 0 Å². The summed E-state index contributed by atoms with van der Waals surface area (Å²) >= 11 is 3.42. The summed E-state index contributed by atoms with van der Waals surface area (Å²) in [6.07, 6.45) is 0.557. The first-order chi connectivity index (χ1) is 9.55. The molecule has 0 aromatic heterocycles. The van der Waals surface area contributed by atoms with Crippen LogP contribution in [-0.2, 0) is 9.59 Å². The van der Waals surface area contributed by atoms with Gasteiger partial charge in [0, 0.05) is 37.0 Å². The molecule has 0 radical (unpaired) electrons. The molecule has 0 saturated carbocycles. The Morgan fingerprint density at radius 2 is 2.30 bits per heavy atom. The number of nitrogens with zero attached hydrogens (tertiary/aromatic N) is 1. The number of amides is 2. The monoisotopic (exact) mass is 340 g/mol. The molecule has 1 fully saturated rings. The smallest absolute Gasteiger partial charge is 0.227 e. The van der Waals surface area contributed by atoms with Crippen molar-refractivity contribution in [2.24, 2.45) is 5.92 Å². The summed E-state index contributed by atoms with van der Waals surface area (Å²) in [6.45, 7) is 2.14. The number of carbonyl (C=O) groups is 2. The summed E-state index contributed by atoms with van der Waals surface area (Å²) in [6, 6.07) is 5.35. The van der Waals surface area contributed by atoms with E-state index in [0.717, 1.165) is 11.0 Å². The molecule has 0 spiro atoms. The summed E-state index contributed by atoms with van der Waals surface area (Å²) in [5, 5.41) is 3.51. The summed E-state index contributed by atoms with van der Waals surface area (Å²) in [4.78, 5) is 24.9. The van der Waals surface area contributed by atoms with Crippen LogP contribution in [0.15, 0.2) is 18.2 Å². The van der Waals surface area contributed by atoms with Gasteiger partial charge in [-0.3, -0.25) is 9.59 Å². The van der Waals surface area contributed by atoms with Gasteiger partial charge >= 0.3 is 0 Å². The zero-order valence-electron chi connectivity index (χ0n) is 11.5. The van der Waals surface area contributed by atoms with Crippen LogP contribution in [0.5, 0.6) is 5.75 Å². The Bertz CT molecular complexity index is 533. The molecule has 20 heavy (non-hydrogen) atoms. The van der Waals surface area contributed by atoms with Crippen LogP contribution in [0.25, 0.3) is 0 Å². The van der Waals surface area contributed by atoms with Crippen molar-refractivity contribution in [3.63, 3.8) is 0 Å². The molecule has 0 aliphatic carbocycles. The predicted molar refractivity (Wildman–Crippen MR) is 81.6 cm³/mol. The van der Waals surface area contributed by atoms with Crippen LogP contribution in [-0.4, -0.2) is 30.8 Å². The summed E-state index contributed by atoms with van der Waals surface area (Å²) in [7, 11) is 1.54. The number of carbonyl (C=O) groups excluding carboxylic acids is 2. The topological polar surface area (TPSA) is 58.6 Å². The maximum absolute atomic E-state index is 12.0. The van der Waals surface area contributed by atoms with Crippen LogP contribution in [0, 0.1) is 5.92 Å². The summed E-state index contributed by atoms with van der Waals surface area (Å²) in [5.74, 6) is 0.841. The lowest BCUT2D eigenvalue weighted by molar-refractivity contribution is -0.117. The molecular weight excluding hydrogens is 324 g/mol. The fourth-order valence-corrected chi connectivity index (χ4v) is 2.71. The van der Waals surface area contributed by atoms with Gasteiger partial charge in [0.2, 0.25) is 11.8 Å². The second kappa shape index (κ2) is 6.26. The molecule has 1 aromatic rings. The Morgan fingerprint density at radius 3 is 2.85 bits per heavy atom. The highest BCUT2D eigenvalue weighted by molar-refractivity contribution is 9.09. The number of hydrogen-bond acceptors (Lipinski definition) is 3. The summed E-state index contributed by atoms with van der Waals surface area (Å²) < 4.78 is 5.27. The third-order valence-corrected chi connectivity index (χ3v) is 4.15. The standard InChI is InChI=1S/C14H17BrN2O3/c1-9(18)16-12-4-3-11(6-13(12)20-2)17-8-10(7-15)5-14(17)19/h3-4,6,10H,5,7-8H2,1-2H3,(H,16,18). The van der Waals surface area contributed by atoms with Gasteiger partial charge in [-0.05, 0) is 18.1 Å². The average Bonchev–Trinajstić information content (AvgIpc) is 2.80. The van der Waals surface area contributed by atoms with E-state index in [1.807, 2.05) is 6.07 Å². The SMILES string of the molecule is COc1cc(N2CC(CBr)CC2=O)ccc1NC(C)=O. The van der Waals surface area contributed by atoms with Crippen LogP contribution in [0.1, 0.15) is 13.3 Å². The fraction of sp³-hybridized carbons (Fsp3) is 0.429. The zero-order valence-corrected chi connectivity index (χ0v) is 13.1. The molecule has 2 amide bonds. The quantitative estimate of drug-likeness (QED) is 0.856. The highest BCUT2D eigenvalue weighted by Crippen LogP contribution is 2.33. The van der Waals surface area contributed by atoms with E-state index >= 15 is 0 Å². The van der Waals surface area contributed by atoms with Gasteiger partial charge in [0.1, 0.15) is 5.75 Å². The maximum Gasteiger partial charge on any atom is 0.227 e. The number of hydrogen-bond donors (Lipinski definition) is 1. The molecule has 1 atom stereocenters. The Labute approximate surface area is 126 Å². The van der Waals surface area contributed by atoms with Gasteiger partial charge in [0.25, 0.3) is 0 Å². The van der Waals surface area contributed by atoms with Crippen molar-refractivity contribution < 1.29 is 14.3 Å². The highest BCUT2D eigenvalue weighted by Gasteiger charge is 2.30. The lowest BCUT2D eigenvalue weighted by Crippen LogP contribution is -2.24. The summed E-state index contributed by atoms with van der Waals surface area (Å²) in [5.41, 5.74) is 1.40. The van der Waals surface area contributed by atoms with Gasteiger partial charge < -0.3 is 15.0 Å². The fourth-order valence-electron chi connectivity index (χ4n) is 2.28.